The Morgan fingerprint density at radius 1 is 1.07 bits per heavy atom. The molecule has 6 heteroatoms. The molecule has 3 heterocycles. The molecule has 1 amide bonds. The van der Waals surface area contributed by atoms with Crippen LogP contribution in [0.15, 0.2) is 60.9 Å². The van der Waals surface area contributed by atoms with Crippen LogP contribution >= 0.6 is 0 Å². The van der Waals surface area contributed by atoms with Crippen LogP contribution in [0.2, 0.25) is 0 Å². The third-order valence-corrected chi connectivity index (χ3v) is 4.83. The summed E-state index contributed by atoms with van der Waals surface area (Å²) >= 11 is 0. The summed E-state index contributed by atoms with van der Waals surface area (Å²) in [4.78, 5) is 28.0. The number of nitrogens with zero attached hydrogens (tertiary/aromatic N) is 4. The van der Waals surface area contributed by atoms with Crippen molar-refractivity contribution in [1.29, 1.82) is 0 Å². The lowest BCUT2D eigenvalue weighted by Crippen LogP contribution is -2.39. The van der Waals surface area contributed by atoms with Gasteiger partial charge in [0.05, 0.1) is 11.9 Å². The molecule has 0 bridgehead atoms. The monoisotopic (exact) mass is 374 g/mol. The summed E-state index contributed by atoms with van der Waals surface area (Å²) in [7, 11) is 0. The van der Waals surface area contributed by atoms with Crippen molar-refractivity contribution in [2.45, 2.75) is 25.7 Å². The van der Waals surface area contributed by atoms with Gasteiger partial charge in [-0.15, -0.1) is 0 Å². The molecule has 142 valence electrons. The van der Waals surface area contributed by atoms with Crippen LogP contribution in [0.3, 0.4) is 0 Å². The van der Waals surface area contributed by atoms with E-state index in [4.69, 9.17) is 4.74 Å². The van der Waals surface area contributed by atoms with Gasteiger partial charge in [-0.2, -0.15) is 0 Å². The third-order valence-electron chi connectivity index (χ3n) is 4.83. The molecule has 1 aliphatic rings. The van der Waals surface area contributed by atoms with E-state index in [2.05, 4.69) is 15.0 Å². The number of ether oxygens (including phenoxy) is 1. The van der Waals surface area contributed by atoms with E-state index in [1.165, 1.54) is 0 Å². The smallest absolute Gasteiger partial charge is 0.272 e. The van der Waals surface area contributed by atoms with E-state index < -0.39 is 0 Å². The molecule has 1 aliphatic heterocycles. The van der Waals surface area contributed by atoms with Gasteiger partial charge in [0.1, 0.15) is 11.4 Å². The number of amides is 1. The first-order valence-electron chi connectivity index (χ1n) is 9.47. The molecule has 1 saturated heterocycles. The molecule has 0 saturated carbocycles. The number of piperidine rings is 1. The maximum atomic E-state index is 12.8. The van der Waals surface area contributed by atoms with Crippen molar-refractivity contribution < 1.29 is 9.53 Å². The number of carbonyl (C=O) groups excluding carboxylic acids is 1. The van der Waals surface area contributed by atoms with Gasteiger partial charge in [0.25, 0.3) is 5.91 Å². The Kier molecular flexibility index (Phi) is 5.28. The highest BCUT2D eigenvalue weighted by Gasteiger charge is 2.27. The van der Waals surface area contributed by atoms with Gasteiger partial charge in [-0.25, -0.2) is 9.97 Å². The molecular formula is C22H22N4O2. The molecule has 2 aromatic heterocycles. The van der Waals surface area contributed by atoms with E-state index in [0.29, 0.717) is 18.1 Å². The summed E-state index contributed by atoms with van der Waals surface area (Å²) in [6.07, 6.45) is 5.27. The standard InChI is InChI=1S/C22H22N4O2/c1-16-7-5-11-19(24-16)22(27)26-12-6-8-17(15-26)20-13-23-14-21(25-20)28-18-9-3-2-4-10-18/h2-5,7,9-11,13-14,17H,6,8,12,15H2,1H3/t17-/m0/s1. The Labute approximate surface area is 164 Å². The second-order valence-electron chi connectivity index (χ2n) is 6.95. The average Bonchev–Trinajstić information content (AvgIpc) is 2.74. The van der Waals surface area contributed by atoms with Crippen molar-refractivity contribution >= 4 is 5.91 Å². The van der Waals surface area contributed by atoms with Gasteiger partial charge >= 0.3 is 0 Å². The minimum Gasteiger partial charge on any atom is -0.437 e. The zero-order valence-corrected chi connectivity index (χ0v) is 15.8. The SMILES string of the molecule is Cc1cccc(C(=O)N2CCC[C@H](c3cncc(Oc4ccccc4)n3)C2)n1. The number of benzene rings is 1. The summed E-state index contributed by atoms with van der Waals surface area (Å²) in [6.45, 7) is 3.24. The summed E-state index contributed by atoms with van der Waals surface area (Å²) in [6, 6.07) is 15.1. The Morgan fingerprint density at radius 3 is 2.75 bits per heavy atom. The van der Waals surface area contributed by atoms with Gasteiger partial charge < -0.3 is 9.64 Å². The van der Waals surface area contributed by atoms with Crippen molar-refractivity contribution in [2.24, 2.45) is 0 Å². The summed E-state index contributed by atoms with van der Waals surface area (Å²) < 4.78 is 5.80. The van der Waals surface area contributed by atoms with E-state index in [0.717, 1.165) is 36.5 Å². The van der Waals surface area contributed by atoms with Crippen molar-refractivity contribution in [1.82, 2.24) is 19.9 Å². The minimum atomic E-state index is -0.0296. The summed E-state index contributed by atoms with van der Waals surface area (Å²) in [5, 5.41) is 0. The second-order valence-corrected chi connectivity index (χ2v) is 6.95. The predicted octanol–water partition coefficient (Wildman–Crippen LogP) is 3.99. The molecular weight excluding hydrogens is 352 g/mol. The van der Waals surface area contributed by atoms with Crippen LogP contribution in [0.4, 0.5) is 0 Å². The number of rotatable bonds is 4. The molecule has 0 aliphatic carbocycles. The number of aryl methyl sites for hydroxylation is 1. The lowest BCUT2D eigenvalue weighted by molar-refractivity contribution is 0.0699. The first kappa shape index (κ1) is 18.1. The van der Waals surface area contributed by atoms with Crippen LogP contribution < -0.4 is 4.74 Å². The molecule has 0 unspecified atom stereocenters. The van der Waals surface area contributed by atoms with Crippen molar-refractivity contribution in [2.75, 3.05) is 13.1 Å². The van der Waals surface area contributed by atoms with Crippen LogP contribution in [-0.4, -0.2) is 38.8 Å². The molecule has 0 N–H and O–H groups in total. The zero-order chi connectivity index (χ0) is 19.3. The first-order chi connectivity index (χ1) is 13.7. The van der Waals surface area contributed by atoms with Crippen LogP contribution in [0.5, 0.6) is 11.6 Å². The van der Waals surface area contributed by atoms with Gasteiger partial charge in [-0.3, -0.25) is 9.78 Å². The Bertz CT molecular complexity index is 962. The number of likely N-dealkylation sites (tertiary alicyclic amines) is 1. The minimum absolute atomic E-state index is 0.0296. The molecule has 0 spiro atoms. The second kappa shape index (κ2) is 8.17. The normalized spacial score (nSPS) is 16.6. The summed E-state index contributed by atoms with van der Waals surface area (Å²) in [5.74, 6) is 1.29. The number of hydrogen-bond donors (Lipinski definition) is 0. The molecule has 1 fully saturated rings. The molecule has 1 atom stereocenters. The molecule has 1 aromatic carbocycles. The molecule has 3 aromatic rings. The lowest BCUT2D eigenvalue weighted by atomic mass is 9.95. The van der Waals surface area contributed by atoms with Crippen molar-refractivity contribution in [3.05, 3.63) is 78.0 Å². The number of aromatic nitrogens is 3. The van der Waals surface area contributed by atoms with Gasteiger partial charge in [0.2, 0.25) is 5.88 Å². The molecule has 4 rings (SSSR count). The van der Waals surface area contributed by atoms with Gasteiger partial charge in [-0.1, -0.05) is 24.3 Å². The lowest BCUT2D eigenvalue weighted by Gasteiger charge is -2.32. The molecule has 28 heavy (non-hydrogen) atoms. The average molecular weight is 374 g/mol. The van der Waals surface area contributed by atoms with Crippen molar-refractivity contribution in [3.8, 4) is 11.6 Å². The van der Waals surface area contributed by atoms with E-state index in [1.54, 1.807) is 18.5 Å². The van der Waals surface area contributed by atoms with Gasteiger partial charge in [0, 0.05) is 30.9 Å². The van der Waals surface area contributed by atoms with E-state index in [9.17, 15) is 4.79 Å². The first-order valence-corrected chi connectivity index (χ1v) is 9.47. The van der Waals surface area contributed by atoms with Crippen molar-refractivity contribution in [3.63, 3.8) is 0 Å². The highest BCUT2D eigenvalue weighted by atomic mass is 16.5. The van der Waals surface area contributed by atoms with Crippen LogP contribution in [0.1, 0.15) is 40.6 Å². The van der Waals surface area contributed by atoms with E-state index in [-0.39, 0.29) is 11.8 Å². The van der Waals surface area contributed by atoms with Crippen LogP contribution in [0.25, 0.3) is 0 Å². The fourth-order valence-corrected chi connectivity index (χ4v) is 3.44. The number of para-hydroxylation sites is 1. The van der Waals surface area contributed by atoms with Crippen LogP contribution in [0, 0.1) is 6.92 Å². The fraction of sp³-hybridized carbons (Fsp3) is 0.273. The van der Waals surface area contributed by atoms with E-state index in [1.807, 2.05) is 54.3 Å². The Morgan fingerprint density at radius 2 is 1.93 bits per heavy atom. The number of hydrogen-bond acceptors (Lipinski definition) is 5. The largest absolute Gasteiger partial charge is 0.437 e. The molecule has 6 nitrogen and oxygen atoms in total. The topological polar surface area (TPSA) is 68.2 Å². The van der Waals surface area contributed by atoms with Gasteiger partial charge in [0.15, 0.2) is 0 Å². The Balaban J connectivity index is 1.48. The fourth-order valence-electron chi connectivity index (χ4n) is 3.44. The highest BCUT2D eigenvalue weighted by Crippen LogP contribution is 2.28. The Hall–Kier alpha value is -3.28. The maximum absolute atomic E-state index is 12.8. The third kappa shape index (κ3) is 4.17. The maximum Gasteiger partial charge on any atom is 0.272 e. The zero-order valence-electron chi connectivity index (χ0n) is 15.8. The predicted molar refractivity (Wildman–Crippen MR) is 105 cm³/mol. The van der Waals surface area contributed by atoms with Crippen LogP contribution in [-0.2, 0) is 0 Å². The highest BCUT2D eigenvalue weighted by molar-refractivity contribution is 5.92. The van der Waals surface area contributed by atoms with Gasteiger partial charge in [-0.05, 0) is 44.0 Å². The number of carbonyl (C=O) groups is 1. The molecule has 0 radical (unpaired) electrons. The summed E-state index contributed by atoms with van der Waals surface area (Å²) in [5.41, 5.74) is 2.19. The quantitative estimate of drug-likeness (QED) is 0.691. The van der Waals surface area contributed by atoms with E-state index >= 15 is 0 Å². The number of pyridine rings is 1.